The smallest absolute Gasteiger partial charge is 0.220 e. The topological polar surface area (TPSA) is 75.9 Å². The number of hydrogen-bond donors (Lipinski definition) is 1. The fourth-order valence-corrected chi connectivity index (χ4v) is 3.18. The summed E-state index contributed by atoms with van der Waals surface area (Å²) in [6, 6.07) is 10.1. The zero-order valence-electron chi connectivity index (χ0n) is 14.8. The summed E-state index contributed by atoms with van der Waals surface area (Å²) >= 11 is 0. The average molecular weight is 342 g/mol. The van der Waals surface area contributed by atoms with Gasteiger partial charge < -0.3 is 10.2 Å². The van der Waals surface area contributed by atoms with Gasteiger partial charge in [0.05, 0.1) is 6.54 Å². The standard InChI is InChI=1S/C18H26N6O/c1-2-23-12-6-10-16(14-23)19-17(25)11-7-13-24-21-18(20-22-24)15-8-4-3-5-9-15/h3-5,8-9,16H,2,6-7,10-14H2,1H3,(H,19,25)/t16-/m0/s1. The Morgan fingerprint density at radius 2 is 2.16 bits per heavy atom. The molecule has 1 amide bonds. The Labute approximate surface area is 148 Å². The van der Waals surface area contributed by atoms with Crippen LogP contribution in [0.2, 0.25) is 0 Å². The lowest BCUT2D eigenvalue weighted by Crippen LogP contribution is -2.47. The van der Waals surface area contributed by atoms with Gasteiger partial charge in [0, 0.05) is 24.6 Å². The summed E-state index contributed by atoms with van der Waals surface area (Å²) in [5.41, 5.74) is 0.948. The summed E-state index contributed by atoms with van der Waals surface area (Å²) < 4.78 is 0. The molecule has 1 aliphatic heterocycles. The van der Waals surface area contributed by atoms with Gasteiger partial charge in [0.2, 0.25) is 11.7 Å². The number of rotatable bonds is 7. The first-order valence-electron chi connectivity index (χ1n) is 9.09. The SMILES string of the molecule is CCN1CCC[C@H](NC(=O)CCCn2nnc(-c3ccccc3)n2)C1. The van der Waals surface area contributed by atoms with Crippen molar-refractivity contribution in [1.29, 1.82) is 0 Å². The molecule has 0 aliphatic carbocycles. The molecule has 1 saturated heterocycles. The summed E-state index contributed by atoms with van der Waals surface area (Å²) in [4.78, 5) is 16.1. The molecule has 0 spiro atoms. The second kappa shape index (κ2) is 8.71. The molecule has 0 bridgehead atoms. The molecule has 1 aromatic carbocycles. The molecule has 1 aliphatic rings. The van der Waals surface area contributed by atoms with E-state index in [1.807, 2.05) is 30.3 Å². The van der Waals surface area contributed by atoms with Gasteiger partial charge in [0.15, 0.2) is 0 Å². The van der Waals surface area contributed by atoms with Gasteiger partial charge in [-0.25, -0.2) is 0 Å². The van der Waals surface area contributed by atoms with Crippen LogP contribution in [-0.4, -0.2) is 56.7 Å². The number of aryl methyl sites for hydroxylation is 1. The Hall–Kier alpha value is -2.28. The number of likely N-dealkylation sites (tertiary alicyclic amines) is 1. The number of carbonyl (C=O) groups is 1. The van der Waals surface area contributed by atoms with E-state index in [0.717, 1.165) is 38.0 Å². The van der Waals surface area contributed by atoms with Crippen molar-refractivity contribution in [1.82, 2.24) is 30.4 Å². The second-order valence-electron chi connectivity index (χ2n) is 6.48. The highest BCUT2D eigenvalue weighted by Gasteiger charge is 2.20. The lowest BCUT2D eigenvalue weighted by Gasteiger charge is -2.32. The maximum atomic E-state index is 12.1. The largest absolute Gasteiger partial charge is 0.352 e. The van der Waals surface area contributed by atoms with Crippen LogP contribution in [0.15, 0.2) is 30.3 Å². The number of benzene rings is 1. The Kier molecular flexibility index (Phi) is 6.11. The van der Waals surface area contributed by atoms with E-state index in [0.29, 0.717) is 25.2 Å². The first kappa shape index (κ1) is 17.5. The third-order valence-electron chi connectivity index (χ3n) is 4.56. The predicted octanol–water partition coefficient (Wildman–Crippen LogP) is 1.72. The van der Waals surface area contributed by atoms with E-state index in [9.17, 15) is 4.79 Å². The van der Waals surface area contributed by atoms with Gasteiger partial charge in [-0.05, 0) is 37.6 Å². The second-order valence-corrected chi connectivity index (χ2v) is 6.48. The molecule has 134 valence electrons. The third kappa shape index (κ3) is 5.09. The summed E-state index contributed by atoms with van der Waals surface area (Å²) in [5, 5.41) is 15.7. The molecule has 2 heterocycles. The van der Waals surface area contributed by atoms with Gasteiger partial charge >= 0.3 is 0 Å². The van der Waals surface area contributed by atoms with Crippen molar-refractivity contribution in [2.24, 2.45) is 0 Å². The van der Waals surface area contributed by atoms with Gasteiger partial charge in [-0.2, -0.15) is 4.80 Å². The minimum Gasteiger partial charge on any atom is -0.352 e. The number of amides is 1. The number of carbonyl (C=O) groups excluding carboxylic acids is 1. The average Bonchev–Trinajstić information content (AvgIpc) is 3.11. The lowest BCUT2D eigenvalue weighted by atomic mass is 10.1. The molecule has 1 N–H and O–H groups in total. The Morgan fingerprint density at radius 3 is 2.96 bits per heavy atom. The first-order chi connectivity index (χ1) is 12.2. The van der Waals surface area contributed by atoms with Crippen LogP contribution in [0.5, 0.6) is 0 Å². The van der Waals surface area contributed by atoms with Crippen LogP contribution in [0, 0.1) is 0 Å². The molecular weight excluding hydrogens is 316 g/mol. The highest BCUT2D eigenvalue weighted by atomic mass is 16.1. The molecule has 25 heavy (non-hydrogen) atoms. The molecule has 0 radical (unpaired) electrons. The molecular formula is C18H26N6O. The van der Waals surface area contributed by atoms with E-state index in [4.69, 9.17) is 0 Å². The van der Waals surface area contributed by atoms with E-state index < -0.39 is 0 Å². The monoisotopic (exact) mass is 342 g/mol. The minimum absolute atomic E-state index is 0.117. The van der Waals surface area contributed by atoms with Crippen molar-refractivity contribution >= 4 is 5.91 Å². The zero-order chi connectivity index (χ0) is 17.5. The van der Waals surface area contributed by atoms with Gasteiger partial charge in [-0.3, -0.25) is 4.79 Å². The highest BCUT2D eigenvalue weighted by molar-refractivity contribution is 5.76. The summed E-state index contributed by atoms with van der Waals surface area (Å²) in [6.07, 6.45) is 3.43. The molecule has 0 unspecified atom stereocenters. The van der Waals surface area contributed by atoms with Crippen molar-refractivity contribution < 1.29 is 4.79 Å². The summed E-state index contributed by atoms with van der Waals surface area (Å²) in [5.74, 6) is 0.735. The summed E-state index contributed by atoms with van der Waals surface area (Å²) in [7, 11) is 0. The van der Waals surface area contributed by atoms with Crippen LogP contribution in [0.25, 0.3) is 11.4 Å². The Balaban J connectivity index is 1.41. The number of aromatic nitrogens is 4. The number of piperidine rings is 1. The van der Waals surface area contributed by atoms with E-state index in [1.54, 1.807) is 4.80 Å². The van der Waals surface area contributed by atoms with Crippen LogP contribution in [0.3, 0.4) is 0 Å². The number of likely N-dealkylation sites (N-methyl/N-ethyl adjacent to an activating group) is 1. The van der Waals surface area contributed by atoms with E-state index in [1.165, 1.54) is 0 Å². The van der Waals surface area contributed by atoms with Crippen molar-refractivity contribution in [2.75, 3.05) is 19.6 Å². The minimum atomic E-state index is 0.117. The fourth-order valence-electron chi connectivity index (χ4n) is 3.18. The van der Waals surface area contributed by atoms with Crippen LogP contribution in [-0.2, 0) is 11.3 Å². The summed E-state index contributed by atoms with van der Waals surface area (Å²) in [6.45, 7) is 5.92. The predicted molar refractivity (Wildman–Crippen MR) is 95.8 cm³/mol. The van der Waals surface area contributed by atoms with Crippen molar-refractivity contribution in [3.8, 4) is 11.4 Å². The van der Waals surface area contributed by atoms with E-state index in [-0.39, 0.29) is 11.9 Å². The molecule has 2 aromatic rings. The molecule has 1 fully saturated rings. The van der Waals surface area contributed by atoms with E-state index in [2.05, 4.69) is 32.6 Å². The molecule has 7 heteroatoms. The molecule has 1 atom stereocenters. The molecule has 7 nitrogen and oxygen atoms in total. The molecule has 1 aromatic heterocycles. The number of nitrogens with zero attached hydrogens (tertiary/aromatic N) is 5. The van der Waals surface area contributed by atoms with Gasteiger partial charge in [-0.15, -0.1) is 10.2 Å². The van der Waals surface area contributed by atoms with Crippen LogP contribution in [0.4, 0.5) is 0 Å². The van der Waals surface area contributed by atoms with Crippen molar-refractivity contribution in [2.45, 2.75) is 45.2 Å². The van der Waals surface area contributed by atoms with Gasteiger partial charge in [0.25, 0.3) is 0 Å². The normalized spacial score (nSPS) is 18.2. The fraction of sp³-hybridized carbons (Fsp3) is 0.556. The van der Waals surface area contributed by atoms with Gasteiger partial charge in [0.1, 0.15) is 0 Å². The van der Waals surface area contributed by atoms with Crippen molar-refractivity contribution in [3.63, 3.8) is 0 Å². The first-order valence-corrected chi connectivity index (χ1v) is 9.09. The maximum absolute atomic E-state index is 12.1. The molecule has 0 saturated carbocycles. The third-order valence-corrected chi connectivity index (χ3v) is 4.56. The Morgan fingerprint density at radius 1 is 1.32 bits per heavy atom. The van der Waals surface area contributed by atoms with Crippen molar-refractivity contribution in [3.05, 3.63) is 30.3 Å². The lowest BCUT2D eigenvalue weighted by molar-refractivity contribution is -0.122. The number of nitrogens with one attached hydrogen (secondary N) is 1. The van der Waals surface area contributed by atoms with Crippen LogP contribution >= 0.6 is 0 Å². The number of tetrazole rings is 1. The van der Waals surface area contributed by atoms with E-state index >= 15 is 0 Å². The quantitative estimate of drug-likeness (QED) is 0.829. The number of hydrogen-bond acceptors (Lipinski definition) is 5. The molecule has 3 rings (SSSR count). The maximum Gasteiger partial charge on any atom is 0.220 e. The highest BCUT2D eigenvalue weighted by Crippen LogP contribution is 2.12. The zero-order valence-corrected chi connectivity index (χ0v) is 14.8. The Bertz CT molecular complexity index is 671. The van der Waals surface area contributed by atoms with Crippen LogP contribution < -0.4 is 5.32 Å². The van der Waals surface area contributed by atoms with Crippen LogP contribution in [0.1, 0.15) is 32.6 Å². The van der Waals surface area contributed by atoms with Gasteiger partial charge in [-0.1, -0.05) is 37.3 Å².